The first kappa shape index (κ1) is 33.3. The molecule has 13 nitrogen and oxygen atoms in total. The Labute approximate surface area is 308 Å². The number of hydrogen-bond donors (Lipinski definition) is 3. The number of carbonyl (C=O) groups is 1. The molecule has 9 rings (SSSR count). The number of aromatic amines is 1. The number of phenols is 2. The number of fused-ring (bicyclic) bond motifs is 5. The Hall–Kier alpha value is -6.60. The summed E-state index contributed by atoms with van der Waals surface area (Å²) in [5.41, 5.74) is 7.17. The molecule has 0 unspecified atom stereocenters. The van der Waals surface area contributed by atoms with E-state index in [1.807, 2.05) is 56.3 Å². The number of rotatable bonds is 6. The number of hydrogen-bond acceptors (Lipinski definition) is 9. The number of amides is 1. The summed E-state index contributed by atoms with van der Waals surface area (Å²) in [6, 6.07) is 20.3. The third-order valence-corrected chi connectivity index (χ3v) is 10.3. The number of nitrogens with one attached hydrogen (secondary N) is 1. The Morgan fingerprint density at radius 1 is 0.944 bits per heavy atom. The first-order chi connectivity index (χ1) is 26.2. The molecule has 0 aliphatic carbocycles. The molecule has 272 valence electrons. The van der Waals surface area contributed by atoms with E-state index in [0.717, 1.165) is 44.0 Å². The van der Waals surface area contributed by atoms with E-state index < -0.39 is 5.69 Å². The molecule has 3 N–H and O–H groups in total. The van der Waals surface area contributed by atoms with Crippen LogP contribution in [0.15, 0.2) is 90.2 Å². The number of benzene rings is 3. The van der Waals surface area contributed by atoms with Crippen molar-refractivity contribution in [1.29, 1.82) is 0 Å². The molecule has 0 saturated carbocycles. The van der Waals surface area contributed by atoms with E-state index in [0.29, 0.717) is 61.9 Å². The van der Waals surface area contributed by atoms with Crippen LogP contribution >= 0.6 is 0 Å². The Morgan fingerprint density at radius 2 is 1.76 bits per heavy atom. The summed E-state index contributed by atoms with van der Waals surface area (Å²) in [6.45, 7) is 7.47. The van der Waals surface area contributed by atoms with Crippen LogP contribution in [0.3, 0.4) is 0 Å². The number of carbonyl (C=O) groups excluding carboxylic acids is 1. The minimum Gasteiger partial charge on any atom is -0.508 e. The molecule has 0 atom stereocenters. The SMILES string of the molecule is CC(C)c1cc(-c2n[nH]c(=O)n2-c2ccc(CN3CCN(C(=O)Oc4ccc5nc6c(cc5c4)cn4cc5c(cc64)C=COC5)CC3)cc2)c(O)cc1O. The van der Waals surface area contributed by atoms with E-state index in [4.69, 9.17) is 14.5 Å². The normalized spacial score (nSPS) is 14.6. The summed E-state index contributed by atoms with van der Waals surface area (Å²) in [4.78, 5) is 35.0. The quantitative estimate of drug-likeness (QED) is 0.174. The highest BCUT2D eigenvalue weighted by Crippen LogP contribution is 2.37. The lowest BCUT2D eigenvalue weighted by atomic mass is 9.98. The number of phenolic OH excluding ortho intramolecular Hbond substituents is 2. The van der Waals surface area contributed by atoms with Crippen LogP contribution in [0.4, 0.5) is 4.79 Å². The van der Waals surface area contributed by atoms with Crippen LogP contribution < -0.4 is 10.4 Å². The number of aromatic hydroxyl groups is 2. The lowest BCUT2D eigenvalue weighted by molar-refractivity contribution is 0.108. The molecule has 1 saturated heterocycles. The van der Waals surface area contributed by atoms with Gasteiger partial charge in [0, 0.05) is 67.5 Å². The summed E-state index contributed by atoms with van der Waals surface area (Å²) < 4.78 is 14.8. The van der Waals surface area contributed by atoms with Gasteiger partial charge in [0.25, 0.3) is 0 Å². The molecule has 2 aliphatic heterocycles. The van der Waals surface area contributed by atoms with Crippen LogP contribution in [0.1, 0.15) is 42.0 Å². The van der Waals surface area contributed by atoms with Crippen LogP contribution in [0.25, 0.3) is 50.5 Å². The molecule has 1 amide bonds. The van der Waals surface area contributed by atoms with Gasteiger partial charge in [-0.15, -0.1) is 0 Å². The van der Waals surface area contributed by atoms with Crippen molar-refractivity contribution in [2.75, 3.05) is 26.2 Å². The maximum atomic E-state index is 13.2. The van der Waals surface area contributed by atoms with Crippen molar-refractivity contribution >= 4 is 39.5 Å². The number of piperazine rings is 1. The number of ether oxygens (including phenoxy) is 2. The van der Waals surface area contributed by atoms with Gasteiger partial charge in [-0.05, 0) is 77.2 Å². The van der Waals surface area contributed by atoms with Crippen LogP contribution in [0, 0.1) is 0 Å². The molecule has 0 bridgehead atoms. The Balaban J connectivity index is 0.842. The zero-order valence-corrected chi connectivity index (χ0v) is 29.7. The summed E-state index contributed by atoms with van der Waals surface area (Å²) in [5.74, 6) is 0.526. The van der Waals surface area contributed by atoms with Crippen molar-refractivity contribution in [3.05, 3.63) is 118 Å². The molecule has 0 radical (unpaired) electrons. The molecule has 7 aromatic rings. The average molecular weight is 724 g/mol. The van der Waals surface area contributed by atoms with E-state index in [2.05, 4.69) is 44.0 Å². The Bertz CT molecular complexity index is 2680. The van der Waals surface area contributed by atoms with E-state index in [9.17, 15) is 19.8 Å². The fourth-order valence-electron chi connectivity index (χ4n) is 7.36. The minimum atomic E-state index is -0.445. The smallest absolute Gasteiger partial charge is 0.415 e. The van der Waals surface area contributed by atoms with Crippen LogP contribution in [-0.2, 0) is 17.9 Å². The predicted octanol–water partition coefficient (Wildman–Crippen LogP) is 6.53. The van der Waals surface area contributed by atoms with Crippen LogP contribution in [0.2, 0.25) is 0 Å². The monoisotopic (exact) mass is 723 g/mol. The Morgan fingerprint density at radius 3 is 2.56 bits per heavy atom. The maximum absolute atomic E-state index is 13.2. The minimum absolute atomic E-state index is 0.00248. The van der Waals surface area contributed by atoms with Gasteiger partial charge in [0.1, 0.15) is 23.9 Å². The highest BCUT2D eigenvalue weighted by Gasteiger charge is 2.24. The van der Waals surface area contributed by atoms with Crippen molar-refractivity contribution in [1.82, 2.24) is 33.9 Å². The van der Waals surface area contributed by atoms with Crippen molar-refractivity contribution < 1.29 is 24.5 Å². The molecule has 0 spiro atoms. The zero-order chi connectivity index (χ0) is 37.1. The lowest BCUT2D eigenvalue weighted by Crippen LogP contribution is -2.49. The molecule has 13 heteroatoms. The second-order valence-corrected chi connectivity index (χ2v) is 14.1. The standard InChI is InChI=1S/C41H37N7O6/c1-24(2)32-18-33(37(50)19-36(32)49)39-43-44-40(51)48(39)30-5-3-25(4-6-30)20-45-10-12-46(13-11-45)41(52)54-31-7-8-34-27(16-31)15-28-21-47-22-29-23-53-14-9-26(29)17-35(47)38(28)42-34/h3-9,14-19,21-22,24,49-50H,10-13,20,23H2,1-2H3,(H,44,51). The zero-order valence-electron chi connectivity index (χ0n) is 29.7. The fraction of sp³-hybridized carbons (Fsp3) is 0.220. The van der Waals surface area contributed by atoms with Gasteiger partial charge in [-0.2, -0.15) is 5.10 Å². The third kappa shape index (κ3) is 5.97. The third-order valence-electron chi connectivity index (χ3n) is 10.3. The van der Waals surface area contributed by atoms with Gasteiger partial charge in [0.2, 0.25) is 0 Å². The predicted molar refractivity (Wildman–Crippen MR) is 204 cm³/mol. The molecule has 54 heavy (non-hydrogen) atoms. The van der Waals surface area contributed by atoms with E-state index in [1.54, 1.807) is 23.3 Å². The summed E-state index contributed by atoms with van der Waals surface area (Å²) in [6.07, 6.45) is 7.45. The maximum Gasteiger partial charge on any atom is 0.415 e. The largest absolute Gasteiger partial charge is 0.508 e. The van der Waals surface area contributed by atoms with E-state index in [1.165, 1.54) is 10.6 Å². The fourth-order valence-corrected chi connectivity index (χ4v) is 7.36. The number of nitrogens with zero attached hydrogens (tertiary/aromatic N) is 6. The molecular weight excluding hydrogens is 686 g/mol. The van der Waals surface area contributed by atoms with Crippen LogP contribution in [-0.4, -0.2) is 76.4 Å². The summed E-state index contributed by atoms with van der Waals surface area (Å²) in [7, 11) is 0. The van der Waals surface area contributed by atoms with Crippen LogP contribution in [0.5, 0.6) is 17.2 Å². The molecule has 3 aromatic carbocycles. The second-order valence-electron chi connectivity index (χ2n) is 14.1. The van der Waals surface area contributed by atoms with Crippen molar-refractivity contribution in [2.24, 2.45) is 0 Å². The van der Waals surface area contributed by atoms with Crippen molar-refractivity contribution in [3.8, 4) is 34.3 Å². The molecule has 2 aliphatic rings. The van der Waals surface area contributed by atoms with Gasteiger partial charge in [0.05, 0.1) is 34.1 Å². The van der Waals surface area contributed by atoms with Gasteiger partial charge in [0.15, 0.2) is 5.82 Å². The average Bonchev–Trinajstić information content (AvgIpc) is 3.72. The van der Waals surface area contributed by atoms with Gasteiger partial charge in [-0.3, -0.25) is 4.90 Å². The Kier molecular flexibility index (Phi) is 8.07. The number of H-pyrrole nitrogens is 1. The molecule has 6 heterocycles. The molecule has 1 fully saturated rings. The number of aromatic nitrogens is 5. The second kappa shape index (κ2) is 13.1. The highest BCUT2D eigenvalue weighted by molar-refractivity contribution is 6.01. The van der Waals surface area contributed by atoms with E-state index in [-0.39, 0.29) is 29.3 Å². The number of pyridine rings is 2. The van der Waals surface area contributed by atoms with Crippen molar-refractivity contribution in [3.63, 3.8) is 0 Å². The van der Waals surface area contributed by atoms with Gasteiger partial charge in [-0.1, -0.05) is 26.0 Å². The first-order valence-corrected chi connectivity index (χ1v) is 17.9. The molecular formula is C41H37N7O6. The van der Waals surface area contributed by atoms with Gasteiger partial charge >= 0.3 is 11.8 Å². The van der Waals surface area contributed by atoms with Gasteiger partial charge < -0.3 is 29.0 Å². The topological polar surface area (TPSA) is 150 Å². The molecule has 4 aromatic heterocycles. The van der Waals surface area contributed by atoms with Gasteiger partial charge in [-0.25, -0.2) is 24.2 Å². The summed E-state index contributed by atoms with van der Waals surface area (Å²) in [5, 5.41) is 29.5. The highest BCUT2D eigenvalue weighted by atomic mass is 16.6. The first-order valence-electron chi connectivity index (χ1n) is 17.9. The van der Waals surface area contributed by atoms with Crippen molar-refractivity contribution in [2.45, 2.75) is 32.9 Å². The van der Waals surface area contributed by atoms with E-state index >= 15 is 0 Å². The summed E-state index contributed by atoms with van der Waals surface area (Å²) >= 11 is 0. The lowest BCUT2D eigenvalue weighted by Gasteiger charge is -2.34.